The maximum Gasteiger partial charge on any atom is 0.264 e. The van der Waals surface area contributed by atoms with Crippen molar-refractivity contribution in [2.45, 2.75) is 26.7 Å². The zero-order valence-corrected chi connectivity index (χ0v) is 17.3. The van der Waals surface area contributed by atoms with Crippen LogP contribution in [0.5, 0.6) is 11.5 Å². The van der Waals surface area contributed by atoms with Crippen LogP contribution < -0.4 is 20.1 Å². The quantitative estimate of drug-likeness (QED) is 0.682. The molecular weight excluding hydrogens is 384 g/mol. The number of rotatable bonds is 6. The summed E-state index contributed by atoms with van der Waals surface area (Å²) >= 11 is 11.1. The van der Waals surface area contributed by atoms with E-state index in [2.05, 4.69) is 24.5 Å². The van der Waals surface area contributed by atoms with Crippen LogP contribution in [0.25, 0.3) is 0 Å². The highest BCUT2D eigenvalue weighted by Crippen LogP contribution is 2.27. The van der Waals surface area contributed by atoms with Crippen LogP contribution in [0.2, 0.25) is 5.02 Å². The highest BCUT2D eigenvalue weighted by atomic mass is 35.5. The molecular formula is C20H23ClN2O3S. The third kappa shape index (κ3) is 6.12. The number of aryl methyl sites for hydroxylation is 1. The van der Waals surface area contributed by atoms with E-state index in [1.165, 1.54) is 12.7 Å². The largest absolute Gasteiger partial charge is 0.495 e. The molecule has 2 N–H and O–H groups in total. The summed E-state index contributed by atoms with van der Waals surface area (Å²) in [6.07, 6.45) is 0. The summed E-state index contributed by atoms with van der Waals surface area (Å²) in [6.45, 7) is 6.16. The molecule has 0 aliphatic rings. The van der Waals surface area contributed by atoms with Crippen LogP contribution in [-0.2, 0) is 4.79 Å². The number of nitrogens with one attached hydrogen (secondary N) is 2. The fraction of sp³-hybridized carbons (Fsp3) is 0.300. The summed E-state index contributed by atoms with van der Waals surface area (Å²) in [5, 5.41) is 6.13. The van der Waals surface area contributed by atoms with Crippen molar-refractivity contribution in [2.75, 3.05) is 19.0 Å². The molecule has 0 aliphatic carbocycles. The zero-order valence-electron chi connectivity index (χ0n) is 15.8. The molecule has 0 fully saturated rings. The molecule has 2 aromatic rings. The molecule has 2 rings (SSSR count). The lowest BCUT2D eigenvalue weighted by Crippen LogP contribution is -2.37. The van der Waals surface area contributed by atoms with Crippen molar-refractivity contribution in [3.8, 4) is 11.5 Å². The van der Waals surface area contributed by atoms with Crippen LogP contribution in [0.15, 0.2) is 36.4 Å². The lowest BCUT2D eigenvalue weighted by atomic mass is 9.98. The molecule has 0 saturated carbocycles. The molecule has 0 saturated heterocycles. The fourth-order valence-corrected chi connectivity index (χ4v) is 3.02. The Morgan fingerprint density at radius 2 is 1.96 bits per heavy atom. The SMILES string of the molecule is COc1ccc(Cl)cc1NC(=S)NC(=O)COc1ccc(C(C)C)c(C)c1. The van der Waals surface area contributed by atoms with E-state index < -0.39 is 0 Å². The number of hydrogen-bond acceptors (Lipinski definition) is 4. The predicted molar refractivity (Wildman–Crippen MR) is 113 cm³/mol. The Labute approximate surface area is 170 Å². The van der Waals surface area contributed by atoms with E-state index >= 15 is 0 Å². The highest BCUT2D eigenvalue weighted by Gasteiger charge is 2.10. The number of hydrogen-bond donors (Lipinski definition) is 2. The normalized spacial score (nSPS) is 10.4. The Morgan fingerprint density at radius 3 is 2.59 bits per heavy atom. The first-order valence-corrected chi connectivity index (χ1v) is 9.26. The Morgan fingerprint density at radius 1 is 1.22 bits per heavy atom. The first-order valence-electron chi connectivity index (χ1n) is 8.48. The number of thiocarbonyl (C=S) groups is 1. The van der Waals surface area contributed by atoms with Gasteiger partial charge in [0.25, 0.3) is 5.91 Å². The second-order valence-electron chi connectivity index (χ2n) is 6.31. The average molecular weight is 407 g/mol. The van der Waals surface area contributed by atoms with E-state index in [1.54, 1.807) is 18.2 Å². The maximum atomic E-state index is 12.1. The second-order valence-corrected chi connectivity index (χ2v) is 7.15. The lowest BCUT2D eigenvalue weighted by molar-refractivity contribution is -0.121. The summed E-state index contributed by atoms with van der Waals surface area (Å²) in [7, 11) is 1.54. The number of halogens is 1. The van der Waals surface area contributed by atoms with E-state index in [4.69, 9.17) is 33.3 Å². The molecule has 1 amide bonds. The van der Waals surface area contributed by atoms with Crippen molar-refractivity contribution in [1.29, 1.82) is 0 Å². The molecule has 0 radical (unpaired) electrons. The molecule has 0 unspecified atom stereocenters. The molecule has 27 heavy (non-hydrogen) atoms. The van der Waals surface area contributed by atoms with Crippen molar-refractivity contribution >= 4 is 40.5 Å². The van der Waals surface area contributed by atoms with E-state index in [9.17, 15) is 4.79 Å². The summed E-state index contributed by atoms with van der Waals surface area (Å²) in [4.78, 5) is 12.1. The minimum atomic E-state index is -0.362. The van der Waals surface area contributed by atoms with Gasteiger partial charge in [0, 0.05) is 5.02 Å². The van der Waals surface area contributed by atoms with Crippen LogP contribution in [0.1, 0.15) is 30.9 Å². The summed E-state index contributed by atoms with van der Waals surface area (Å²) in [5.41, 5.74) is 2.96. The van der Waals surface area contributed by atoms with Gasteiger partial charge in [-0.1, -0.05) is 31.5 Å². The van der Waals surface area contributed by atoms with Gasteiger partial charge in [0.15, 0.2) is 11.7 Å². The van der Waals surface area contributed by atoms with Gasteiger partial charge >= 0.3 is 0 Å². The Hall–Kier alpha value is -2.31. The van der Waals surface area contributed by atoms with Gasteiger partial charge in [0.1, 0.15) is 11.5 Å². The van der Waals surface area contributed by atoms with Crippen LogP contribution in [0.3, 0.4) is 0 Å². The van der Waals surface area contributed by atoms with Gasteiger partial charge in [-0.2, -0.15) is 0 Å². The van der Waals surface area contributed by atoms with E-state index in [0.717, 1.165) is 5.56 Å². The van der Waals surface area contributed by atoms with Crippen molar-refractivity contribution in [3.05, 3.63) is 52.5 Å². The first-order chi connectivity index (χ1) is 12.8. The number of ether oxygens (including phenoxy) is 2. The van der Waals surface area contributed by atoms with Crippen molar-refractivity contribution < 1.29 is 14.3 Å². The van der Waals surface area contributed by atoms with Gasteiger partial charge in [-0.25, -0.2) is 0 Å². The molecule has 5 nitrogen and oxygen atoms in total. The monoisotopic (exact) mass is 406 g/mol. The third-order valence-electron chi connectivity index (χ3n) is 3.90. The highest BCUT2D eigenvalue weighted by molar-refractivity contribution is 7.80. The molecule has 0 bridgehead atoms. The van der Waals surface area contributed by atoms with E-state index in [-0.39, 0.29) is 17.6 Å². The van der Waals surface area contributed by atoms with Crippen LogP contribution in [0.4, 0.5) is 5.69 Å². The molecule has 0 aliphatic heterocycles. The molecule has 0 atom stereocenters. The molecule has 2 aromatic carbocycles. The number of benzene rings is 2. The maximum absolute atomic E-state index is 12.1. The second kappa shape index (κ2) is 9.58. The minimum absolute atomic E-state index is 0.135. The van der Waals surface area contributed by atoms with E-state index in [1.807, 2.05) is 25.1 Å². The van der Waals surface area contributed by atoms with Crippen molar-refractivity contribution in [2.24, 2.45) is 0 Å². The number of carbonyl (C=O) groups is 1. The first kappa shape index (κ1) is 21.0. The lowest BCUT2D eigenvalue weighted by Gasteiger charge is -2.14. The average Bonchev–Trinajstić information content (AvgIpc) is 2.59. The van der Waals surface area contributed by atoms with Crippen LogP contribution in [0, 0.1) is 6.92 Å². The van der Waals surface area contributed by atoms with E-state index in [0.29, 0.717) is 28.1 Å². The number of carbonyl (C=O) groups excluding carboxylic acids is 1. The number of anilines is 1. The zero-order chi connectivity index (χ0) is 20.0. The molecule has 0 spiro atoms. The topological polar surface area (TPSA) is 59.6 Å². The number of methoxy groups -OCH3 is 1. The summed E-state index contributed by atoms with van der Waals surface area (Å²) in [6, 6.07) is 10.9. The standard InChI is InChI=1S/C20H23ClN2O3S/c1-12(2)16-7-6-15(9-13(16)3)26-11-19(24)23-20(27)22-17-10-14(21)5-8-18(17)25-4/h5-10,12H,11H2,1-4H3,(H2,22,23,24,27). The number of amides is 1. The van der Waals surface area contributed by atoms with Gasteiger partial charge in [0.2, 0.25) is 0 Å². The molecule has 7 heteroatoms. The predicted octanol–water partition coefficient (Wildman–Crippen LogP) is 4.67. The Bertz CT molecular complexity index is 840. The fourth-order valence-electron chi connectivity index (χ4n) is 2.63. The Kier molecular flexibility index (Phi) is 7.45. The minimum Gasteiger partial charge on any atom is -0.495 e. The van der Waals surface area contributed by atoms with Crippen LogP contribution in [-0.4, -0.2) is 24.7 Å². The van der Waals surface area contributed by atoms with Gasteiger partial charge in [0.05, 0.1) is 12.8 Å². The van der Waals surface area contributed by atoms with Crippen molar-refractivity contribution in [1.82, 2.24) is 5.32 Å². The van der Waals surface area contributed by atoms with Gasteiger partial charge in [-0.05, 0) is 66.5 Å². The van der Waals surface area contributed by atoms with Gasteiger partial charge < -0.3 is 14.8 Å². The molecule has 0 aromatic heterocycles. The summed E-state index contributed by atoms with van der Waals surface area (Å²) in [5.74, 6) is 1.28. The molecule has 144 valence electrons. The Balaban J connectivity index is 1.89. The van der Waals surface area contributed by atoms with Gasteiger partial charge in [-0.15, -0.1) is 0 Å². The third-order valence-corrected chi connectivity index (χ3v) is 4.34. The molecule has 0 heterocycles. The van der Waals surface area contributed by atoms with Crippen molar-refractivity contribution in [3.63, 3.8) is 0 Å². The summed E-state index contributed by atoms with van der Waals surface area (Å²) < 4.78 is 10.8. The van der Waals surface area contributed by atoms with Gasteiger partial charge in [-0.3, -0.25) is 10.1 Å². The smallest absolute Gasteiger partial charge is 0.264 e. The van der Waals surface area contributed by atoms with Crippen LogP contribution >= 0.6 is 23.8 Å².